The van der Waals surface area contributed by atoms with Crippen molar-refractivity contribution in [3.63, 3.8) is 0 Å². The second-order valence-corrected chi connectivity index (χ2v) is 8.17. The molecule has 7 nitrogen and oxygen atoms in total. The van der Waals surface area contributed by atoms with E-state index in [1.807, 2.05) is 13.8 Å². The van der Waals surface area contributed by atoms with Crippen LogP contribution >= 0.6 is 24.0 Å². The highest BCUT2D eigenvalue weighted by molar-refractivity contribution is 14.0. The first-order valence-corrected chi connectivity index (χ1v) is 10.5. The Hall–Kier alpha value is -1.14. The van der Waals surface area contributed by atoms with Gasteiger partial charge in [0.15, 0.2) is 17.5 Å². The number of rotatable bonds is 9. The van der Waals surface area contributed by atoms with Crippen LogP contribution in [-0.2, 0) is 10.0 Å². The van der Waals surface area contributed by atoms with Crippen LogP contribution in [0.5, 0.6) is 5.75 Å². The minimum absolute atomic E-state index is 0. The molecule has 1 fully saturated rings. The Balaban J connectivity index is 0.00000364. The van der Waals surface area contributed by atoms with Crippen molar-refractivity contribution in [3.05, 3.63) is 29.6 Å². The van der Waals surface area contributed by atoms with Crippen molar-refractivity contribution in [3.8, 4) is 5.75 Å². The van der Waals surface area contributed by atoms with Gasteiger partial charge in [-0.15, -0.1) is 24.0 Å². The third-order valence-corrected chi connectivity index (χ3v) is 4.72. The SMILES string of the molecule is CCNC(=NCCS(N)(=O)=O)NC(C)c1ccc(OCC2CC2)c(F)c1.I. The molecule has 0 aliphatic heterocycles. The minimum Gasteiger partial charge on any atom is -0.490 e. The molecule has 154 valence electrons. The molecule has 1 unspecified atom stereocenters. The molecule has 1 aromatic rings. The molecule has 1 aromatic carbocycles. The van der Waals surface area contributed by atoms with Crippen LogP contribution in [0.15, 0.2) is 23.2 Å². The van der Waals surface area contributed by atoms with Gasteiger partial charge in [0.1, 0.15) is 0 Å². The zero-order chi connectivity index (χ0) is 19.2. The zero-order valence-electron chi connectivity index (χ0n) is 15.6. The summed E-state index contributed by atoms with van der Waals surface area (Å²) >= 11 is 0. The maximum atomic E-state index is 14.2. The van der Waals surface area contributed by atoms with Crippen LogP contribution in [0.4, 0.5) is 4.39 Å². The molecular formula is C17H28FIN4O3S. The molecule has 0 spiro atoms. The molecule has 10 heteroatoms. The summed E-state index contributed by atoms with van der Waals surface area (Å²) in [6, 6.07) is 4.65. The smallest absolute Gasteiger partial charge is 0.210 e. The number of primary sulfonamides is 1. The van der Waals surface area contributed by atoms with Gasteiger partial charge in [-0.05, 0) is 50.3 Å². The first-order chi connectivity index (χ1) is 12.3. The molecule has 1 saturated carbocycles. The lowest BCUT2D eigenvalue weighted by atomic mass is 10.1. The van der Waals surface area contributed by atoms with Gasteiger partial charge in [-0.1, -0.05) is 6.07 Å². The Kier molecular flexibility index (Phi) is 9.74. The first-order valence-electron chi connectivity index (χ1n) is 8.76. The standard InChI is InChI=1S/C17H27FN4O3S.HI/c1-3-20-17(21-8-9-26(19,23)24)22-12(2)14-6-7-16(15(18)10-14)25-11-13-4-5-13;/h6-7,10,12-13H,3-5,8-9,11H2,1-2H3,(H2,19,23,24)(H2,20,21,22);1H. The van der Waals surface area contributed by atoms with E-state index < -0.39 is 15.8 Å². The molecule has 0 aromatic heterocycles. The number of nitrogens with two attached hydrogens (primary N) is 1. The lowest BCUT2D eigenvalue weighted by molar-refractivity contribution is 0.285. The number of hydrogen-bond donors (Lipinski definition) is 3. The predicted octanol–water partition coefficient (Wildman–Crippen LogP) is 2.14. The number of benzene rings is 1. The van der Waals surface area contributed by atoms with Gasteiger partial charge in [-0.2, -0.15) is 0 Å². The fraction of sp³-hybridized carbons (Fsp3) is 0.588. The lowest BCUT2D eigenvalue weighted by Gasteiger charge is -2.19. The summed E-state index contributed by atoms with van der Waals surface area (Å²) in [5.74, 6) is 0.637. The first kappa shape index (κ1) is 23.9. The van der Waals surface area contributed by atoms with Gasteiger partial charge in [-0.3, -0.25) is 4.99 Å². The summed E-state index contributed by atoms with van der Waals surface area (Å²) in [4.78, 5) is 4.18. The number of guanidine groups is 1. The summed E-state index contributed by atoms with van der Waals surface area (Å²) in [6.07, 6.45) is 2.30. The van der Waals surface area contributed by atoms with E-state index in [-0.39, 0.29) is 48.1 Å². The molecule has 0 amide bonds. The molecule has 0 saturated heterocycles. The summed E-state index contributed by atoms with van der Waals surface area (Å²) < 4.78 is 41.7. The highest BCUT2D eigenvalue weighted by Crippen LogP contribution is 2.30. The normalized spacial score (nSPS) is 15.6. The lowest BCUT2D eigenvalue weighted by Crippen LogP contribution is -2.39. The minimum atomic E-state index is -3.56. The number of halogens is 2. The molecule has 1 atom stereocenters. The van der Waals surface area contributed by atoms with Crippen LogP contribution in [-0.4, -0.2) is 39.8 Å². The van der Waals surface area contributed by atoms with Gasteiger partial charge < -0.3 is 15.4 Å². The van der Waals surface area contributed by atoms with Gasteiger partial charge >= 0.3 is 0 Å². The van der Waals surface area contributed by atoms with E-state index in [1.165, 1.54) is 6.07 Å². The van der Waals surface area contributed by atoms with Gasteiger partial charge in [0.05, 0.1) is 24.9 Å². The number of hydrogen-bond acceptors (Lipinski definition) is 4. The highest BCUT2D eigenvalue weighted by Gasteiger charge is 2.22. The van der Waals surface area contributed by atoms with Crippen molar-refractivity contribution >= 4 is 40.0 Å². The monoisotopic (exact) mass is 514 g/mol. The van der Waals surface area contributed by atoms with Crippen LogP contribution in [0, 0.1) is 11.7 Å². The van der Waals surface area contributed by atoms with Crippen LogP contribution < -0.4 is 20.5 Å². The van der Waals surface area contributed by atoms with Crippen molar-refractivity contribution in [2.45, 2.75) is 32.7 Å². The average Bonchev–Trinajstić information content (AvgIpc) is 3.37. The van der Waals surface area contributed by atoms with Crippen molar-refractivity contribution in [2.24, 2.45) is 16.0 Å². The highest BCUT2D eigenvalue weighted by atomic mass is 127. The van der Waals surface area contributed by atoms with Crippen LogP contribution in [0.1, 0.15) is 38.3 Å². The number of sulfonamides is 1. The van der Waals surface area contributed by atoms with Crippen molar-refractivity contribution in [1.82, 2.24) is 10.6 Å². The fourth-order valence-corrected chi connectivity index (χ4v) is 2.63. The molecule has 27 heavy (non-hydrogen) atoms. The Bertz CT molecular complexity index is 742. The van der Waals surface area contributed by atoms with Crippen molar-refractivity contribution in [1.29, 1.82) is 0 Å². The number of nitrogens with one attached hydrogen (secondary N) is 2. The third kappa shape index (κ3) is 9.06. The quantitative estimate of drug-likeness (QED) is 0.266. The summed E-state index contributed by atoms with van der Waals surface area (Å²) in [6.45, 7) is 4.98. The number of aliphatic imine (C=N–C) groups is 1. The largest absolute Gasteiger partial charge is 0.490 e. The van der Waals surface area contributed by atoms with Crippen molar-refractivity contribution < 1.29 is 17.5 Å². The van der Waals surface area contributed by atoms with E-state index in [0.29, 0.717) is 25.0 Å². The molecule has 2 rings (SSSR count). The topological polar surface area (TPSA) is 106 Å². The molecule has 0 bridgehead atoms. The van der Waals surface area contributed by atoms with Gasteiger partial charge in [-0.25, -0.2) is 17.9 Å². The van der Waals surface area contributed by atoms with E-state index >= 15 is 0 Å². The van der Waals surface area contributed by atoms with Crippen LogP contribution in [0.25, 0.3) is 0 Å². The fourth-order valence-electron chi connectivity index (χ4n) is 2.29. The Morgan fingerprint density at radius 1 is 1.44 bits per heavy atom. The second-order valence-electron chi connectivity index (χ2n) is 6.44. The van der Waals surface area contributed by atoms with Crippen LogP contribution in [0.2, 0.25) is 0 Å². The Morgan fingerprint density at radius 2 is 2.15 bits per heavy atom. The Labute approximate surface area is 177 Å². The molecular weight excluding hydrogens is 486 g/mol. The Morgan fingerprint density at radius 3 is 2.70 bits per heavy atom. The maximum Gasteiger partial charge on any atom is 0.210 e. The van der Waals surface area contributed by atoms with Gasteiger partial charge in [0, 0.05) is 6.54 Å². The van der Waals surface area contributed by atoms with Gasteiger partial charge in [0.2, 0.25) is 10.0 Å². The van der Waals surface area contributed by atoms with E-state index in [0.717, 1.165) is 18.4 Å². The summed E-state index contributed by atoms with van der Waals surface area (Å²) in [5.41, 5.74) is 0.735. The predicted molar refractivity (Wildman–Crippen MR) is 116 cm³/mol. The summed E-state index contributed by atoms with van der Waals surface area (Å²) in [7, 11) is -3.56. The van der Waals surface area contributed by atoms with E-state index in [4.69, 9.17) is 9.88 Å². The third-order valence-electron chi connectivity index (χ3n) is 3.97. The number of ether oxygens (including phenoxy) is 1. The molecule has 1 aliphatic carbocycles. The van der Waals surface area contributed by atoms with Crippen molar-refractivity contribution in [2.75, 3.05) is 25.4 Å². The van der Waals surface area contributed by atoms with Gasteiger partial charge in [0.25, 0.3) is 0 Å². The average molecular weight is 514 g/mol. The maximum absolute atomic E-state index is 14.2. The summed E-state index contributed by atoms with van der Waals surface area (Å²) in [5, 5.41) is 11.1. The number of nitrogens with zero attached hydrogens (tertiary/aromatic N) is 1. The zero-order valence-corrected chi connectivity index (χ0v) is 18.7. The molecule has 0 radical (unpaired) electrons. The molecule has 4 N–H and O–H groups in total. The van der Waals surface area contributed by atoms with E-state index in [2.05, 4.69) is 15.6 Å². The van der Waals surface area contributed by atoms with E-state index in [9.17, 15) is 12.8 Å². The second kappa shape index (κ2) is 11.0. The van der Waals surface area contributed by atoms with Crippen LogP contribution in [0.3, 0.4) is 0 Å². The molecule has 1 aliphatic rings. The van der Waals surface area contributed by atoms with E-state index in [1.54, 1.807) is 12.1 Å². The molecule has 0 heterocycles.